The zero-order valence-corrected chi connectivity index (χ0v) is 19.4. The lowest BCUT2D eigenvalue weighted by Gasteiger charge is -2.29. The Hall–Kier alpha value is -2.32. The normalized spacial score (nSPS) is 23.1. The first-order valence-corrected chi connectivity index (χ1v) is 12.5. The summed E-state index contributed by atoms with van der Waals surface area (Å²) in [5.41, 5.74) is 2.09. The summed E-state index contributed by atoms with van der Waals surface area (Å²) in [4.78, 5) is 29.3. The van der Waals surface area contributed by atoms with Gasteiger partial charge in [0.2, 0.25) is 5.91 Å². The number of nitrogens with zero attached hydrogens (tertiary/aromatic N) is 2. The van der Waals surface area contributed by atoms with E-state index in [1.165, 1.54) is 18.2 Å². The Morgan fingerprint density at radius 1 is 1.16 bits per heavy atom. The van der Waals surface area contributed by atoms with E-state index in [1.54, 1.807) is 0 Å². The molecule has 1 saturated heterocycles. The molecule has 3 amide bonds. The average Bonchev–Trinajstić information content (AvgIpc) is 3.45. The lowest BCUT2D eigenvalue weighted by Crippen LogP contribution is -2.48. The summed E-state index contributed by atoms with van der Waals surface area (Å²) < 4.78 is 7.97. The van der Waals surface area contributed by atoms with Crippen molar-refractivity contribution >= 4 is 23.7 Å². The lowest BCUT2D eigenvalue weighted by molar-refractivity contribution is -0.117. The predicted molar refractivity (Wildman–Crippen MR) is 125 cm³/mol. The van der Waals surface area contributed by atoms with Crippen molar-refractivity contribution in [3.05, 3.63) is 36.5 Å². The SMILES string of the molecule is CC1CCCCC1NC(=O)NC(=O)CSc1ncc(-c2ccccc2)n1CC1CCCO1. The van der Waals surface area contributed by atoms with Crippen molar-refractivity contribution in [3.8, 4) is 11.3 Å². The van der Waals surface area contributed by atoms with Gasteiger partial charge in [0, 0.05) is 12.6 Å². The number of hydrogen-bond donors (Lipinski definition) is 2. The van der Waals surface area contributed by atoms with Crippen LogP contribution < -0.4 is 10.6 Å². The van der Waals surface area contributed by atoms with Crippen LogP contribution in [0.1, 0.15) is 45.4 Å². The van der Waals surface area contributed by atoms with Gasteiger partial charge in [-0.1, -0.05) is 61.9 Å². The summed E-state index contributed by atoms with van der Waals surface area (Å²) in [6.45, 7) is 3.65. The van der Waals surface area contributed by atoms with Crippen LogP contribution in [0.25, 0.3) is 11.3 Å². The van der Waals surface area contributed by atoms with Crippen molar-refractivity contribution < 1.29 is 14.3 Å². The van der Waals surface area contributed by atoms with Crippen molar-refractivity contribution in [1.29, 1.82) is 0 Å². The van der Waals surface area contributed by atoms with Crippen LogP contribution in [0.5, 0.6) is 0 Å². The Morgan fingerprint density at radius 2 is 1.97 bits per heavy atom. The molecule has 0 bridgehead atoms. The summed E-state index contributed by atoms with van der Waals surface area (Å²) in [6, 6.07) is 9.85. The van der Waals surface area contributed by atoms with E-state index in [0.29, 0.717) is 12.5 Å². The van der Waals surface area contributed by atoms with Gasteiger partial charge in [-0.3, -0.25) is 10.1 Å². The van der Waals surface area contributed by atoms with E-state index < -0.39 is 6.03 Å². The Labute approximate surface area is 193 Å². The van der Waals surface area contributed by atoms with Gasteiger partial charge in [0.25, 0.3) is 0 Å². The summed E-state index contributed by atoms with van der Waals surface area (Å²) in [5.74, 6) is 0.259. The van der Waals surface area contributed by atoms with Crippen LogP contribution in [-0.4, -0.2) is 46.0 Å². The highest BCUT2D eigenvalue weighted by Gasteiger charge is 2.24. The first kappa shape index (κ1) is 22.9. The molecule has 8 heteroatoms. The maximum Gasteiger partial charge on any atom is 0.321 e. The predicted octanol–water partition coefficient (Wildman–Crippen LogP) is 4.23. The minimum atomic E-state index is -0.401. The summed E-state index contributed by atoms with van der Waals surface area (Å²) in [5, 5.41) is 6.20. The minimum absolute atomic E-state index is 0.129. The highest BCUT2D eigenvalue weighted by molar-refractivity contribution is 7.99. The van der Waals surface area contributed by atoms with E-state index in [2.05, 4.69) is 39.2 Å². The molecule has 1 aliphatic carbocycles. The molecular formula is C24H32N4O3S. The van der Waals surface area contributed by atoms with Crippen molar-refractivity contribution in [1.82, 2.24) is 20.2 Å². The fourth-order valence-electron chi connectivity index (χ4n) is 4.51. The second-order valence-electron chi connectivity index (χ2n) is 8.72. The smallest absolute Gasteiger partial charge is 0.321 e. The molecule has 1 aliphatic heterocycles. The number of hydrogen-bond acceptors (Lipinski definition) is 5. The molecule has 3 atom stereocenters. The van der Waals surface area contributed by atoms with Crippen molar-refractivity contribution in [2.24, 2.45) is 5.92 Å². The number of imide groups is 1. The molecule has 172 valence electrons. The molecule has 1 aromatic carbocycles. The zero-order chi connectivity index (χ0) is 22.3. The van der Waals surface area contributed by atoms with Gasteiger partial charge in [-0.2, -0.15) is 0 Å². The molecule has 1 aromatic heterocycles. The number of nitrogens with one attached hydrogen (secondary N) is 2. The Balaban J connectivity index is 1.37. The number of ether oxygens (including phenoxy) is 1. The highest BCUT2D eigenvalue weighted by Crippen LogP contribution is 2.28. The second kappa shape index (κ2) is 11.0. The first-order valence-electron chi connectivity index (χ1n) is 11.6. The van der Waals surface area contributed by atoms with Gasteiger partial charge in [0.1, 0.15) is 0 Å². The molecule has 4 rings (SSSR count). The number of amides is 3. The number of benzene rings is 1. The van der Waals surface area contributed by atoms with Gasteiger partial charge < -0.3 is 14.6 Å². The third kappa shape index (κ3) is 5.92. The minimum Gasteiger partial charge on any atom is -0.376 e. The average molecular weight is 457 g/mol. The summed E-state index contributed by atoms with van der Waals surface area (Å²) >= 11 is 1.35. The third-order valence-electron chi connectivity index (χ3n) is 6.31. The van der Waals surface area contributed by atoms with Crippen LogP contribution in [0, 0.1) is 5.92 Å². The molecule has 2 N–H and O–H groups in total. The van der Waals surface area contributed by atoms with Gasteiger partial charge in [-0.05, 0) is 37.2 Å². The Kier molecular flexibility index (Phi) is 7.86. The largest absolute Gasteiger partial charge is 0.376 e. The fraction of sp³-hybridized carbons (Fsp3) is 0.542. The first-order chi connectivity index (χ1) is 15.6. The number of rotatable bonds is 7. The highest BCUT2D eigenvalue weighted by atomic mass is 32.2. The second-order valence-corrected chi connectivity index (χ2v) is 9.66. The van der Waals surface area contributed by atoms with Crippen molar-refractivity contribution in [3.63, 3.8) is 0 Å². The standard InChI is InChI=1S/C24H32N4O3S/c1-17-8-5-6-12-20(17)26-23(30)27-22(29)16-32-24-25-14-21(18-9-3-2-4-10-18)28(24)15-19-11-7-13-31-19/h2-4,9-10,14,17,19-20H,5-8,11-13,15-16H2,1H3,(H2,26,27,29,30). The maximum atomic E-state index is 12.4. The van der Waals surface area contributed by atoms with Crippen LogP contribution in [0.2, 0.25) is 0 Å². The molecule has 2 aliphatic rings. The van der Waals surface area contributed by atoms with Crippen LogP contribution in [0.4, 0.5) is 4.79 Å². The molecule has 2 fully saturated rings. The lowest BCUT2D eigenvalue weighted by atomic mass is 9.86. The van der Waals surface area contributed by atoms with Crippen LogP contribution >= 0.6 is 11.8 Å². The van der Waals surface area contributed by atoms with E-state index in [4.69, 9.17) is 4.74 Å². The van der Waals surface area contributed by atoms with Gasteiger partial charge >= 0.3 is 6.03 Å². The number of urea groups is 1. The monoisotopic (exact) mass is 456 g/mol. The quantitative estimate of drug-likeness (QED) is 0.609. The number of imidazole rings is 1. The maximum absolute atomic E-state index is 12.4. The van der Waals surface area contributed by atoms with Crippen molar-refractivity contribution in [2.45, 2.75) is 69.3 Å². The number of carbonyl (C=O) groups excluding carboxylic acids is 2. The zero-order valence-electron chi connectivity index (χ0n) is 18.6. The number of carbonyl (C=O) groups is 2. The van der Waals surface area contributed by atoms with E-state index in [-0.39, 0.29) is 23.8 Å². The van der Waals surface area contributed by atoms with Crippen molar-refractivity contribution in [2.75, 3.05) is 12.4 Å². The Bertz CT molecular complexity index is 911. The number of aromatic nitrogens is 2. The summed E-state index contributed by atoms with van der Waals surface area (Å²) in [7, 11) is 0. The molecule has 32 heavy (non-hydrogen) atoms. The van der Waals surface area contributed by atoms with Gasteiger partial charge in [0.05, 0.1) is 30.3 Å². The molecule has 7 nitrogen and oxygen atoms in total. The molecule has 0 spiro atoms. The Morgan fingerprint density at radius 3 is 2.72 bits per heavy atom. The fourth-order valence-corrected chi connectivity index (χ4v) is 5.30. The molecule has 2 aromatic rings. The van der Waals surface area contributed by atoms with Crippen LogP contribution in [0.15, 0.2) is 41.7 Å². The van der Waals surface area contributed by atoms with Gasteiger partial charge in [-0.25, -0.2) is 9.78 Å². The molecule has 3 unspecified atom stereocenters. The molecule has 2 heterocycles. The van der Waals surface area contributed by atoms with Crippen LogP contribution in [-0.2, 0) is 16.1 Å². The van der Waals surface area contributed by atoms with E-state index in [0.717, 1.165) is 55.1 Å². The van der Waals surface area contributed by atoms with E-state index in [1.807, 2.05) is 24.4 Å². The summed E-state index contributed by atoms with van der Waals surface area (Å²) in [6.07, 6.45) is 8.52. The number of thioether (sulfide) groups is 1. The van der Waals surface area contributed by atoms with Gasteiger partial charge in [-0.15, -0.1) is 0 Å². The van der Waals surface area contributed by atoms with Gasteiger partial charge in [0.15, 0.2) is 5.16 Å². The molecule has 0 radical (unpaired) electrons. The van der Waals surface area contributed by atoms with Crippen LogP contribution in [0.3, 0.4) is 0 Å². The topological polar surface area (TPSA) is 85.3 Å². The third-order valence-corrected chi connectivity index (χ3v) is 7.30. The van der Waals surface area contributed by atoms with E-state index in [9.17, 15) is 9.59 Å². The molecular weight excluding hydrogens is 424 g/mol. The molecule has 1 saturated carbocycles. The van der Waals surface area contributed by atoms with E-state index >= 15 is 0 Å².